The quantitative estimate of drug-likeness (QED) is 0.655. The summed E-state index contributed by atoms with van der Waals surface area (Å²) in [6, 6.07) is 5.43. The van der Waals surface area contributed by atoms with Gasteiger partial charge in [0.25, 0.3) is 5.69 Å². The van der Waals surface area contributed by atoms with Crippen molar-refractivity contribution in [2.24, 2.45) is 0 Å². The van der Waals surface area contributed by atoms with Crippen LogP contribution in [0, 0.1) is 10.1 Å². The first kappa shape index (κ1) is 14.7. The molecule has 1 N–H and O–H groups in total. The van der Waals surface area contributed by atoms with Gasteiger partial charge in [0.2, 0.25) is 0 Å². The van der Waals surface area contributed by atoms with E-state index in [-0.39, 0.29) is 12.3 Å². The van der Waals surface area contributed by atoms with E-state index in [0.717, 1.165) is 18.8 Å². The molecule has 0 aliphatic carbocycles. The second kappa shape index (κ2) is 6.19. The van der Waals surface area contributed by atoms with Crippen molar-refractivity contribution in [1.29, 1.82) is 0 Å². The average Bonchev–Trinajstić information content (AvgIpc) is 2.83. The summed E-state index contributed by atoms with van der Waals surface area (Å²) in [5, 5.41) is 20.1. The SMILES string of the molecule is CN(CC1CCCN1C)c1ccc([N+](=O)[O-])c(CO)c1. The van der Waals surface area contributed by atoms with Crippen LogP contribution in [0.25, 0.3) is 0 Å². The van der Waals surface area contributed by atoms with E-state index in [9.17, 15) is 15.2 Å². The fraction of sp³-hybridized carbons (Fsp3) is 0.571. The largest absolute Gasteiger partial charge is 0.391 e. The molecule has 0 amide bonds. The first-order valence-corrected chi connectivity index (χ1v) is 6.82. The Morgan fingerprint density at radius 2 is 2.30 bits per heavy atom. The van der Waals surface area contributed by atoms with Crippen LogP contribution in [0.2, 0.25) is 0 Å². The number of nitro benzene ring substituents is 1. The minimum absolute atomic E-state index is 0.0253. The predicted molar refractivity (Wildman–Crippen MR) is 77.9 cm³/mol. The summed E-state index contributed by atoms with van der Waals surface area (Å²) in [5.74, 6) is 0. The maximum Gasteiger partial charge on any atom is 0.275 e. The topological polar surface area (TPSA) is 69.9 Å². The highest BCUT2D eigenvalue weighted by molar-refractivity contribution is 5.55. The van der Waals surface area contributed by atoms with E-state index in [1.165, 1.54) is 18.9 Å². The van der Waals surface area contributed by atoms with Crippen LogP contribution in [0.3, 0.4) is 0 Å². The Morgan fingerprint density at radius 3 is 2.85 bits per heavy atom. The minimum atomic E-state index is -0.458. The van der Waals surface area contributed by atoms with Crippen molar-refractivity contribution in [2.75, 3.05) is 32.1 Å². The summed E-state index contributed by atoms with van der Waals surface area (Å²) in [5.41, 5.74) is 1.24. The van der Waals surface area contributed by atoms with Crippen LogP contribution >= 0.6 is 0 Å². The Labute approximate surface area is 118 Å². The first-order chi connectivity index (χ1) is 9.52. The van der Waals surface area contributed by atoms with E-state index in [0.29, 0.717) is 11.6 Å². The molecule has 0 aromatic heterocycles. The molecule has 2 rings (SSSR count). The molecule has 0 radical (unpaired) electrons. The van der Waals surface area contributed by atoms with E-state index in [4.69, 9.17) is 0 Å². The zero-order valence-electron chi connectivity index (χ0n) is 12.0. The number of aliphatic hydroxyl groups is 1. The molecule has 20 heavy (non-hydrogen) atoms. The molecule has 1 saturated heterocycles. The van der Waals surface area contributed by atoms with Crippen LogP contribution in [0.15, 0.2) is 18.2 Å². The smallest absolute Gasteiger partial charge is 0.275 e. The van der Waals surface area contributed by atoms with Crippen LogP contribution in [-0.4, -0.2) is 48.2 Å². The molecule has 6 nitrogen and oxygen atoms in total. The van der Waals surface area contributed by atoms with Crippen LogP contribution in [-0.2, 0) is 6.61 Å². The normalized spacial score (nSPS) is 19.2. The van der Waals surface area contributed by atoms with Gasteiger partial charge < -0.3 is 14.9 Å². The molecule has 1 unspecified atom stereocenters. The molecule has 0 spiro atoms. The van der Waals surface area contributed by atoms with E-state index >= 15 is 0 Å². The molecule has 1 heterocycles. The van der Waals surface area contributed by atoms with Gasteiger partial charge in [-0.05, 0) is 38.6 Å². The van der Waals surface area contributed by atoms with Crippen molar-refractivity contribution >= 4 is 11.4 Å². The molecule has 1 aromatic carbocycles. The highest BCUT2D eigenvalue weighted by Crippen LogP contribution is 2.26. The van der Waals surface area contributed by atoms with Crippen molar-refractivity contribution in [3.8, 4) is 0 Å². The van der Waals surface area contributed by atoms with Crippen molar-refractivity contribution in [2.45, 2.75) is 25.5 Å². The number of nitrogens with zero attached hydrogens (tertiary/aromatic N) is 3. The molecule has 1 fully saturated rings. The van der Waals surface area contributed by atoms with Crippen molar-refractivity contribution in [3.05, 3.63) is 33.9 Å². The molecule has 6 heteroatoms. The van der Waals surface area contributed by atoms with Crippen molar-refractivity contribution in [1.82, 2.24) is 4.90 Å². The third-order valence-electron chi connectivity index (χ3n) is 4.03. The summed E-state index contributed by atoms with van der Waals surface area (Å²) in [6.45, 7) is 1.70. The van der Waals surface area contributed by atoms with Gasteiger partial charge >= 0.3 is 0 Å². The van der Waals surface area contributed by atoms with Gasteiger partial charge in [0, 0.05) is 31.4 Å². The third kappa shape index (κ3) is 3.08. The number of rotatable bonds is 5. The molecule has 0 bridgehead atoms. The van der Waals surface area contributed by atoms with Gasteiger partial charge in [0.15, 0.2) is 0 Å². The van der Waals surface area contributed by atoms with Gasteiger partial charge in [0.1, 0.15) is 0 Å². The molecule has 1 aliphatic heterocycles. The fourth-order valence-electron chi connectivity index (χ4n) is 2.75. The molecular formula is C14H21N3O3. The summed E-state index contributed by atoms with van der Waals surface area (Å²) in [6.07, 6.45) is 2.40. The summed E-state index contributed by atoms with van der Waals surface area (Å²) >= 11 is 0. The van der Waals surface area contributed by atoms with Gasteiger partial charge in [-0.1, -0.05) is 0 Å². The second-order valence-electron chi connectivity index (χ2n) is 5.39. The lowest BCUT2D eigenvalue weighted by atomic mass is 10.1. The minimum Gasteiger partial charge on any atom is -0.391 e. The Kier molecular flexibility index (Phi) is 4.57. The number of benzene rings is 1. The molecular weight excluding hydrogens is 258 g/mol. The monoisotopic (exact) mass is 279 g/mol. The number of anilines is 1. The fourth-order valence-corrected chi connectivity index (χ4v) is 2.75. The molecule has 1 aliphatic rings. The lowest BCUT2D eigenvalue weighted by Crippen LogP contribution is -2.36. The van der Waals surface area contributed by atoms with Crippen LogP contribution in [0.1, 0.15) is 18.4 Å². The van der Waals surface area contributed by atoms with Gasteiger partial charge in [-0.3, -0.25) is 10.1 Å². The Morgan fingerprint density at radius 1 is 1.55 bits per heavy atom. The third-order valence-corrected chi connectivity index (χ3v) is 4.03. The van der Waals surface area contributed by atoms with Gasteiger partial charge in [0.05, 0.1) is 17.1 Å². The number of aliphatic hydroxyl groups excluding tert-OH is 1. The second-order valence-corrected chi connectivity index (χ2v) is 5.39. The summed E-state index contributed by atoms with van der Waals surface area (Å²) < 4.78 is 0. The Bertz CT molecular complexity index is 493. The molecule has 0 saturated carbocycles. The van der Waals surface area contributed by atoms with E-state index in [1.807, 2.05) is 7.05 Å². The lowest BCUT2D eigenvalue weighted by Gasteiger charge is -2.27. The predicted octanol–water partition coefficient (Wildman–Crippen LogP) is 1.62. The summed E-state index contributed by atoms with van der Waals surface area (Å²) in [7, 11) is 4.11. The van der Waals surface area contributed by atoms with Crippen LogP contribution in [0.4, 0.5) is 11.4 Å². The first-order valence-electron chi connectivity index (χ1n) is 6.82. The summed E-state index contributed by atoms with van der Waals surface area (Å²) in [4.78, 5) is 14.8. The number of hydrogen-bond acceptors (Lipinski definition) is 5. The van der Waals surface area contributed by atoms with Crippen LogP contribution < -0.4 is 4.90 Å². The van der Waals surface area contributed by atoms with Gasteiger partial charge in [-0.25, -0.2) is 0 Å². The number of hydrogen-bond donors (Lipinski definition) is 1. The van der Waals surface area contributed by atoms with E-state index < -0.39 is 4.92 Å². The maximum atomic E-state index is 10.9. The zero-order valence-corrected chi connectivity index (χ0v) is 12.0. The Balaban J connectivity index is 2.13. The molecule has 1 aromatic rings. The van der Waals surface area contributed by atoms with Crippen molar-refractivity contribution < 1.29 is 10.0 Å². The maximum absolute atomic E-state index is 10.9. The molecule has 110 valence electrons. The zero-order chi connectivity index (χ0) is 14.7. The molecule has 1 atom stereocenters. The van der Waals surface area contributed by atoms with E-state index in [2.05, 4.69) is 16.8 Å². The lowest BCUT2D eigenvalue weighted by molar-refractivity contribution is -0.385. The van der Waals surface area contributed by atoms with E-state index in [1.54, 1.807) is 12.1 Å². The Hall–Kier alpha value is -1.66. The van der Waals surface area contributed by atoms with Crippen LogP contribution in [0.5, 0.6) is 0 Å². The highest BCUT2D eigenvalue weighted by atomic mass is 16.6. The number of likely N-dealkylation sites (N-methyl/N-ethyl adjacent to an activating group) is 2. The standard InChI is InChI=1S/C14H21N3O3/c1-15-7-3-4-13(15)9-16(2)12-5-6-14(17(19)20)11(8-12)10-18/h5-6,8,13,18H,3-4,7,9-10H2,1-2H3. The number of nitro groups is 1. The van der Waals surface area contributed by atoms with Gasteiger partial charge in [-0.15, -0.1) is 0 Å². The average molecular weight is 279 g/mol. The van der Waals surface area contributed by atoms with Crippen molar-refractivity contribution in [3.63, 3.8) is 0 Å². The highest BCUT2D eigenvalue weighted by Gasteiger charge is 2.23. The number of likely N-dealkylation sites (tertiary alicyclic amines) is 1. The van der Waals surface area contributed by atoms with Gasteiger partial charge in [-0.2, -0.15) is 0 Å².